The van der Waals surface area contributed by atoms with E-state index in [-0.39, 0.29) is 11.8 Å². The Kier molecular flexibility index (Phi) is 5.14. The Hall–Kier alpha value is -2.37. The van der Waals surface area contributed by atoms with Crippen LogP contribution in [-0.4, -0.2) is 35.4 Å². The minimum absolute atomic E-state index is 0.0341. The lowest BCUT2D eigenvalue weighted by atomic mass is 9.98. The summed E-state index contributed by atoms with van der Waals surface area (Å²) in [5, 5.41) is 3.58. The Balaban J connectivity index is 1.39. The van der Waals surface area contributed by atoms with Crippen LogP contribution in [0.2, 0.25) is 5.02 Å². The van der Waals surface area contributed by atoms with Gasteiger partial charge in [0.15, 0.2) is 11.5 Å². The first-order valence-electron chi connectivity index (χ1n) is 9.22. The zero-order chi connectivity index (χ0) is 18.8. The van der Waals surface area contributed by atoms with Crippen molar-refractivity contribution in [1.29, 1.82) is 0 Å². The molecule has 3 aromatic rings. The van der Waals surface area contributed by atoms with Crippen LogP contribution in [-0.2, 0) is 4.79 Å². The third-order valence-electron chi connectivity index (χ3n) is 4.99. The summed E-state index contributed by atoms with van der Waals surface area (Å²) in [6, 6.07) is 13.4. The smallest absolute Gasteiger partial charge is 0.238 e. The molecule has 140 valence electrons. The number of aromatic nitrogens is 1. The van der Waals surface area contributed by atoms with Crippen LogP contribution in [0.5, 0.6) is 0 Å². The predicted molar refractivity (Wildman–Crippen MR) is 107 cm³/mol. The molecule has 0 bridgehead atoms. The molecule has 1 aliphatic heterocycles. The van der Waals surface area contributed by atoms with Gasteiger partial charge in [0.2, 0.25) is 5.91 Å². The van der Waals surface area contributed by atoms with Crippen molar-refractivity contribution in [2.24, 2.45) is 0 Å². The number of carbonyl (C=O) groups is 1. The molecule has 1 amide bonds. The molecule has 0 saturated carbocycles. The van der Waals surface area contributed by atoms with E-state index in [9.17, 15) is 4.79 Å². The van der Waals surface area contributed by atoms with Gasteiger partial charge in [-0.15, -0.1) is 0 Å². The molecule has 0 aliphatic carbocycles. The van der Waals surface area contributed by atoms with Crippen LogP contribution in [0, 0.1) is 6.92 Å². The first-order valence-corrected chi connectivity index (χ1v) is 9.60. The number of halogens is 1. The number of anilines is 1. The molecule has 1 aliphatic rings. The van der Waals surface area contributed by atoms with E-state index in [0.29, 0.717) is 11.6 Å². The van der Waals surface area contributed by atoms with Gasteiger partial charge in [-0.1, -0.05) is 29.8 Å². The second kappa shape index (κ2) is 7.71. The molecule has 1 atom stereocenters. The highest BCUT2D eigenvalue weighted by Gasteiger charge is 2.26. The van der Waals surface area contributed by atoms with E-state index in [1.807, 2.05) is 43.3 Å². The van der Waals surface area contributed by atoms with Crippen molar-refractivity contribution in [1.82, 2.24) is 9.88 Å². The van der Waals surface area contributed by atoms with Gasteiger partial charge in [-0.2, -0.15) is 0 Å². The van der Waals surface area contributed by atoms with E-state index in [0.717, 1.165) is 54.2 Å². The van der Waals surface area contributed by atoms with Crippen molar-refractivity contribution in [2.75, 3.05) is 25.0 Å². The van der Waals surface area contributed by atoms with Crippen molar-refractivity contribution in [3.63, 3.8) is 0 Å². The lowest BCUT2D eigenvalue weighted by Crippen LogP contribution is -2.39. The zero-order valence-corrected chi connectivity index (χ0v) is 16.0. The Morgan fingerprint density at radius 1 is 1.33 bits per heavy atom. The monoisotopic (exact) mass is 383 g/mol. The number of benzene rings is 2. The van der Waals surface area contributed by atoms with Gasteiger partial charge in [-0.25, -0.2) is 4.98 Å². The molecule has 6 heteroatoms. The summed E-state index contributed by atoms with van der Waals surface area (Å²) in [6.45, 7) is 3.96. The van der Waals surface area contributed by atoms with Crippen molar-refractivity contribution in [3.8, 4) is 0 Å². The topological polar surface area (TPSA) is 58.4 Å². The van der Waals surface area contributed by atoms with Crippen LogP contribution >= 0.6 is 11.6 Å². The number of aryl methyl sites for hydroxylation is 1. The number of fused-ring (bicyclic) bond motifs is 1. The Labute approximate surface area is 163 Å². The van der Waals surface area contributed by atoms with E-state index >= 15 is 0 Å². The van der Waals surface area contributed by atoms with Gasteiger partial charge < -0.3 is 9.73 Å². The van der Waals surface area contributed by atoms with E-state index in [1.54, 1.807) is 6.07 Å². The second-order valence-corrected chi connectivity index (χ2v) is 7.51. The van der Waals surface area contributed by atoms with Crippen molar-refractivity contribution in [2.45, 2.75) is 25.7 Å². The highest BCUT2D eigenvalue weighted by atomic mass is 35.5. The Morgan fingerprint density at radius 2 is 2.19 bits per heavy atom. The molecule has 1 aromatic heterocycles. The maximum atomic E-state index is 12.4. The fraction of sp³-hybridized carbons (Fsp3) is 0.333. The first-order chi connectivity index (χ1) is 13.1. The lowest BCUT2D eigenvalue weighted by molar-refractivity contribution is -0.117. The second-order valence-electron chi connectivity index (χ2n) is 7.11. The Morgan fingerprint density at radius 3 is 3.00 bits per heavy atom. The standard InChI is InChI=1S/C21H22ClN3O2/c1-14-8-9-16(11-17(14)22)23-20(26)13-25-10-4-5-15(12-25)21-24-18-6-2-3-7-19(18)27-21/h2-3,6-9,11,15H,4-5,10,12-13H2,1H3,(H,23,26). The number of hydrogen-bond donors (Lipinski definition) is 1. The van der Waals surface area contributed by atoms with Crippen LogP contribution in [0.25, 0.3) is 11.1 Å². The molecular formula is C21H22ClN3O2. The van der Waals surface area contributed by atoms with Gasteiger partial charge in [0.1, 0.15) is 5.52 Å². The quantitative estimate of drug-likeness (QED) is 0.714. The first kappa shape index (κ1) is 18.0. The van der Waals surface area contributed by atoms with Crippen molar-refractivity contribution >= 4 is 34.3 Å². The maximum Gasteiger partial charge on any atom is 0.238 e. The van der Waals surface area contributed by atoms with Crippen LogP contribution in [0.1, 0.15) is 30.2 Å². The summed E-state index contributed by atoms with van der Waals surface area (Å²) in [6.07, 6.45) is 2.05. The minimum atomic E-state index is -0.0341. The normalized spacial score (nSPS) is 17.9. The largest absolute Gasteiger partial charge is 0.440 e. The fourth-order valence-corrected chi connectivity index (χ4v) is 3.72. The summed E-state index contributed by atoms with van der Waals surface area (Å²) in [5.41, 5.74) is 3.42. The summed E-state index contributed by atoms with van der Waals surface area (Å²) in [4.78, 5) is 19.2. The van der Waals surface area contributed by atoms with E-state index in [2.05, 4.69) is 15.2 Å². The molecule has 5 nitrogen and oxygen atoms in total. The van der Waals surface area contributed by atoms with Gasteiger partial charge in [-0.05, 0) is 56.1 Å². The number of carbonyl (C=O) groups excluding carboxylic acids is 1. The average molecular weight is 384 g/mol. The molecule has 0 radical (unpaired) electrons. The number of para-hydroxylation sites is 2. The van der Waals surface area contributed by atoms with Gasteiger partial charge in [0.25, 0.3) is 0 Å². The van der Waals surface area contributed by atoms with Crippen LogP contribution in [0.4, 0.5) is 5.69 Å². The molecular weight excluding hydrogens is 362 g/mol. The van der Waals surface area contributed by atoms with Crippen LogP contribution in [0.15, 0.2) is 46.9 Å². The molecule has 1 unspecified atom stereocenters. The lowest BCUT2D eigenvalue weighted by Gasteiger charge is -2.30. The summed E-state index contributed by atoms with van der Waals surface area (Å²) < 4.78 is 5.93. The minimum Gasteiger partial charge on any atom is -0.440 e. The average Bonchev–Trinajstić information content (AvgIpc) is 3.09. The zero-order valence-electron chi connectivity index (χ0n) is 15.2. The summed E-state index contributed by atoms with van der Waals surface area (Å²) >= 11 is 6.13. The third kappa shape index (κ3) is 4.15. The van der Waals surface area contributed by atoms with Crippen molar-refractivity contribution in [3.05, 3.63) is 58.9 Å². The number of nitrogens with one attached hydrogen (secondary N) is 1. The van der Waals surface area contributed by atoms with Crippen LogP contribution < -0.4 is 5.32 Å². The number of hydrogen-bond acceptors (Lipinski definition) is 4. The van der Waals surface area contributed by atoms with Gasteiger partial charge in [0, 0.05) is 23.2 Å². The molecule has 0 spiro atoms. The van der Waals surface area contributed by atoms with Gasteiger partial charge >= 0.3 is 0 Å². The SMILES string of the molecule is Cc1ccc(NC(=O)CN2CCCC(c3nc4ccccc4o3)C2)cc1Cl. The number of amides is 1. The van der Waals surface area contributed by atoms with Gasteiger partial charge in [-0.3, -0.25) is 9.69 Å². The van der Waals surface area contributed by atoms with Gasteiger partial charge in [0.05, 0.1) is 6.54 Å². The molecule has 1 fully saturated rings. The third-order valence-corrected chi connectivity index (χ3v) is 5.40. The number of nitrogens with zero attached hydrogens (tertiary/aromatic N) is 2. The van der Waals surface area contributed by atoms with Crippen molar-refractivity contribution < 1.29 is 9.21 Å². The number of piperidine rings is 1. The fourth-order valence-electron chi connectivity index (χ4n) is 3.54. The molecule has 1 saturated heterocycles. The van der Waals surface area contributed by atoms with E-state index < -0.39 is 0 Å². The maximum absolute atomic E-state index is 12.4. The number of oxazole rings is 1. The molecule has 4 rings (SSSR count). The predicted octanol–water partition coefficient (Wildman–Crippen LogP) is 4.61. The number of rotatable bonds is 4. The highest BCUT2D eigenvalue weighted by molar-refractivity contribution is 6.31. The summed E-state index contributed by atoms with van der Waals surface area (Å²) in [7, 11) is 0. The summed E-state index contributed by atoms with van der Waals surface area (Å²) in [5.74, 6) is 0.951. The van der Waals surface area contributed by atoms with Crippen LogP contribution in [0.3, 0.4) is 0 Å². The van der Waals surface area contributed by atoms with E-state index in [4.69, 9.17) is 16.0 Å². The molecule has 1 N–H and O–H groups in total. The van der Waals surface area contributed by atoms with E-state index in [1.165, 1.54) is 0 Å². The number of likely N-dealkylation sites (tertiary alicyclic amines) is 1. The molecule has 2 heterocycles. The molecule has 27 heavy (non-hydrogen) atoms. The molecule has 2 aromatic carbocycles. The Bertz CT molecular complexity index is 936. The highest BCUT2D eigenvalue weighted by Crippen LogP contribution is 2.29.